The molecule has 2 aromatic carbocycles. The second-order valence-corrected chi connectivity index (χ2v) is 6.00. The van der Waals surface area contributed by atoms with Gasteiger partial charge in [0.15, 0.2) is 0 Å². The molecule has 0 amide bonds. The monoisotopic (exact) mass is 370 g/mol. The normalized spacial score (nSPS) is 11.9. The second kappa shape index (κ2) is 6.12. The number of fused-ring (bicyclic) bond motifs is 3. The highest BCUT2D eigenvalue weighted by Gasteiger charge is 2.30. The van der Waals surface area contributed by atoms with E-state index >= 15 is 0 Å². The molecule has 0 unspecified atom stereocenters. The number of alkyl halides is 3. The predicted octanol–water partition coefficient (Wildman–Crippen LogP) is 4.98. The van der Waals surface area contributed by atoms with Gasteiger partial charge in [0.25, 0.3) is 0 Å². The van der Waals surface area contributed by atoms with E-state index in [-0.39, 0.29) is 0 Å². The summed E-state index contributed by atoms with van der Waals surface area (Å²) < 4.78 is 45.2. The molecule has 0 atom stereocenters. The van der Waals surface area contributed by atoms with Crippen molar-refractivity contribution in [1.29, 1.82) is 0 Å². The first-order valence-electron chi connectivity index (χ1n) is 8.04. The predicted molar refractivity (Wildman–Crippen MR) is 94.9 cm³/mol. The smallest absolute Gasteiger partial charge is 0.416 e. The van der Waals surface area contributed by atoms with E-state index in [0.717, 1.165) is 33.9 Å². The highest BCUT2D eigenvalue weighted by atomic mass is 19.4. The zero-order chi connectivity index (χ0) is 19.2. The Morgan fingerprint density at radius 3 is 2.37 bits per heavy atom. The van der Waals surface area contributed by atoms with Crippen molar-refractivity contribution in [2.75, 3.05) is 7.11 Å². The summed E-state index contributed by atoms with van der Waals surface area (Å²) in [6.07, 6.45) is -1.11. The quantitative estimate of drug-likeness (QED) is 0.467. The zero-order valence-electron chi connectivity index (χ0n) is 14.1. The van der Waals surface area contributed by atoms with E-state index in [0.29, 0.717) is 11.3 Å². The molecule has 0 N–H and O–H groups in total. The zero-order valence-corrected chi connectivity index (χ0v) is 14.1. The summed E-state index contributed by atoms with van der Waals surface area (Å²) in [5.74, 6) is -0.462. The number of hydrogen-bond donors (Lipinski definition) is 0. The molecule has 0 fully saturated rings. The lowest BCUT2D eigenvalue weighted by molar-refractivity contribution is -0.137. The largest absolute Gasteiger partial charge is 0.465 e. The van der Waals surface area contributed by atoms with Gasteiger partial charge in [-0.15, -0.1) is 0 Å². The van der Waals surface area contributed by atoms with Gasteiger partial charge in [0.2, 0.25) is 0 Å². The molecular formula is C20H13F3N2O2. The van der Waals surface area contributed by atoms with Gasteiger partial charge < -0.3 is 9.30 Å². The van der Waals surface area contributed by atoms with Crippen LogP contribution in [0.15, 0.2) is 60.9 Å². The van der Waals surface area contributed by atoms with Crippen LogP contribution in [0.1, 0.15) is 15.9 Å². The summed E-state index contributed by atoms with van der Waals surface area (Å²) >= 11 is 0. The topological polar surface area (TPSA) is 44.1 Å². The van der Waals surface area contributed by atoms with Crippen LogP contribution in [-0.4, -0.2) is 22.6 Å². The minimum absolute atomic E-state index is 0.389. The van der Waals surface area contributed by atoms with Crippen LogP contribution < -0.4 is 0 Å². The summed E-state index contributed by atoms with van der Waals surface area (Å²) in [6, 6.07) is 11.8. The van der Waals surface area contributed by atoms with Crippen LogP contribution >= 0.6 is 0 Å². The van der Waals surface area contributed by atoms with Crippen LogP contribution in [0.5, 0.6) is 0 Å². The standard InChI is InChI=1S/C20H13F3N2O2/c1-27-19(26)12-2-7-17-15(10-12)16-11-24-9-8-18(16)25(17)14-5-3-13(4-6-14)20(21,22)23/h2-11H,1H3. The van der Waals surface area contributed by atoms with Crippen LogP contribution in [0.4, 0.5) is 13.2 Å². The highest BCUT2D eigenvalue weighted by molar-refractivity contribution is 6.10. The van der Waals surface area contributed by atoms with Crippen molar-refractivity contribution in [3.8, 4) is 5.69 Å². The molecule has 0 aliphatic rings. The highest BCUT2D eigenvalue weighted by Crippen LogP contribution is 2.34. The fraction of sp³-hybridized carbons (Fsp3) is 0.100. The molecule has 2 heterocycles. The number of methoxy groups -OCH3 is 1. The Bertz CT molecular complexity index is 1160. The van der Waals surface area contributed by atoms with E-state index in [9.17, 15) is 18.0 Å². The minimum Gasteiger partial charge on any atom is -0.465 e. The number of pyridine rings is 1. The Morgan fingerprint density at radius 1 is 1.00 bits per heavy atom. The Balaban J connectivity index is 1.98. The number of ether oxygens (including phenoxy) is 1. The number of halogens is 3. The molecule has 7 heteroatoms. The molecule has 0 bridgehead atoms. The summed E-state index contributed by atoms with van der Waals surface area (Å²) in [6.45, 7) is 0. The number of esters is 1. The van der Waals surface area contributed by atoms with Crippen LogP contribution in [0, 0.1) is 0 Å². The Kier molecular flexibility index (Phi) is 3.87. The van der Waals surface area contributed by atoms with Gasteiger partial charge >= 0.3 is 12.1 Å². The van der Waals surface area contributed by atoms with Crippen molar-refractivity contribution in [2.24, 2.45) is 0 Å². The Labute approximate surface area is 151 Å². The number of carbonyl (C=O) groups is 1. The lowest BCUT2D eigenvalue weighted by atomic mass is 10.1. The number of aromatic nitrogens is 2. The average molecular weight is 370 g/mol. The first-order valence-corrected chi connectivity index (χ1v) is 8.04. The van der Waals surface area contributed by atoms with E-state index < -0.39 is 17.7 Å². The molecule has 27 heavy (non-hydrogen) atoms. The van der Waals surface area contributed by atoms with Gasteiger partial charge in [0, 0.05) is 28.9 Å². The molecule has 0 saturated heterocycles. The lowest BCUT2D eigenvalue weighted by Gasteiger charge is -2.10. The molecular weight excluding hydrogens is 357 g/mol. The average Bonchev–Trinajstić information content (AvgIpc) is 3.00. The van der Waals surface area contributed by atoms with Crippen molar-refractivity contribution < 1.29 is 22.7 Å². The van der Waals surface area contributed by atoms with E-state index in [1.807, 2.05) is 4.57 Å². The minimum atomic E-state index is -4.39. The molecule has 4 aromatic rings. The third kappa shape index (κ3) is 2.81. The van der Waals surface area contributed by atoms with Crippen molar-refractivity contribution in [3.05, 3.63) is 72.1 Å². The van der Waals surface area contributed by atoms with Crippen molar-refractivity contribution in [1.82, 2.24) is 9.55 Å². The van der Waals surface area contributed by atoms with Gasteiger partial charge in [-0.05, 0) is 48.5 Å². The third-order valence-corrected chi connectivity index (χ3v) is 4.44. The van der Waals surface area contributed by atoms with Gasteiger partial charge in [-0.25, -0.2) is 4.79 Å². The summed E-state index contributed by atoms with van der Waals surface area (Å²) in [5.41, 5.74) is 1.80. The van der Waals surface area contributed by atoms with E-state index in [1.165, 1.54) is 19.2 Å². The molecule has 0 spiro atoms. The molecule has 136 valence electrons. The number of nitrogens with zero attached hydrogens (tertiary/aromatic N) is 2. The summed E-state index contributed by atoms with van der Waals surface area (Å²) in [4.78, 5) is 16.0. The van der Waals surface area contributed by atoms with E-state index in [1.54, 1.807) is 36.7 Å². The van der Waals surface area contributed by atoms with Crippen LogP contribution in [-0.2, 0) is 10.9 Å². The van der Waals surface area contributed by atoms with Crippen molar-refractivity contribution in [3.63, 3.8) is 0 Å². The maximum atomic E-state index is 12.9. The fourth-order valence-corrected chi connectivity index (χ4v) is 3.19. The summed E-state index contributed by atoms with van der Waals surface area (Å²) in [5, 5.41) is 1.55. The van der Waals surface area contributed by atoms with Crippen molar-refractivity contribution in [2.45, 2.75) is 6.18 Å². The number of carbonyl (C=O) groups excluding carboxylic acids is 1. The van der Waals surface area contributed by atoms with E-state index in [4.69, 9.17) is 4.74 Å². The first-order chi connectivity index (χ1) is 12.9. The number of benzene rings is 2. The molecule has 4 nitrogen and oxygen atoms in total. The molecule has 0 saturated carbocycles. The van der Waals surface area contributed by atoms with Gasteiger partial charge in [-0.1, -0.05) is 0 Å². The van der Waals surface area contributed by atoms with E-state index in [2.05, 4.69) is 4.98 Å². The van der Waals surface area contributed by atoms with Crippen LogP contribution in [0.25, 0.3) is 27.5 Å². The fourth-order valence-electron chi connectivity index (χ4n) is 3.19. The Hall–Kier alpha value is -3.35. The maximum absolute atomic E-state index is 12.9. The second-order valence-electron chi connectivity index (χ2n) is 6.00. The molecule has 0 radical (unpaired) electrons. The molecule has 2 aromatic heterocycles. The van der Waals surface area contributed by atoms with Gasteiger partial charge in [-0.3, -0.25) is 4.98 Å². The first kappa shape index (κ1) is 17.1. The van der Waals surface area contributed by atoms with Crippen molar-refractivity contribution >= 4 is 27.8 Å². The third-order valence-electron chi connectivity index (χ3n) is 4.44. The van der Waals surface area contributed by atoms with Gasteiger partial charge in [0.05, 0.1) is 29.3 Å². The molecule has 4 rings (SSSR count). The van der Waals surface area contributed by atoms with Crippen LogP contribution in [0.2, 0.25) is 0 Å². The molecule has 0 aliphatic heterocycles. The number of hydrogen-bond acceptors (Lipinski definition) is 3. The van der Waals surface area contributed by atoms with Crippen LogP contribution in [0.3, 0.4) is 0 Å². The number of rotatable bonds is 2. The lowest BCUT2D eigenvalue weighted by Crippen LogP contribution is -2.05. The van der Waals surface area contributed by atoms with Gasteiger partial charge in [-0.2, -0.15) is 13.2 Å². The maximum Gasteiger partial charge on any atom is 0.416 e. The SMILES string of the molecule is COC(=O)c1ccc2c(c1)c1cnccc1n2-c1ccc(C(F)(F)F)cc1. The molecule has 0 aliphatic carbocycles. The summed E-state index contributed by atoms with van der Waals surface area (Å²) in [7, 11) is 1.31. The van der Waals surface area contributed by atoms with Gasteiger partial charge in [0.1, 0.15) is 0 Å². The Morgan fingerprint density at radius 2 is 1.70 bits per heavy atom.